The van der Waals surface area contributed by atoms with E-state index in [1.54, 1.807) is 26.5 Å². The molecule has 0 atom stereocenters. The van der Waals surface area contributed by atoms with Gasteiger partial charge in [-0.05, 0) is 42.3 Å². The lowest BCUT2D eigenvalue weighted by Gasteiger charge is -2.19. The molecule has 36 heavy (non-hydrogen) atoms. The average Bonchev–Trinajstić information content (AvgIpc) is 2.92. The lowest BCUT2D eigenvalue weighted by molar-refractivity contribution is 0.256. The molecule has 0 aliphatic carbocycles. The second-order valence-electron chi connectivity index (χ2n) is 8.11. The van der Waals surface area contributed by atoms with Gasteiger partial charge in [0.15, 0.2) is 16.9 Å². The van der Waals surface area contributed by atoms with E-state index < -0.39 is 0 Å². The third-order valence-corrected chi connectivity index (χ3v) is 6.27. The highest BCUT2D eigenvalue weighted by atomic mass is 35.5. The van der Waals surface area contributed by atoms with Crippen LogP contribution >= 0.6 is 11.6 Å². The Hall–Kier alpha value is -3.68. The summed E-state index contributed by atoms with van der Waals surface area (Å²) in [6, 6.07) is 16.8. The van der Waals surface area contributed by atoms with Gasteiger partial charge in [-0.3, -0.25) is 4.79 Å². The van der Waals surface area contributed by atoms with Crippen LogP contribution in [0.3, 0.4) is 0 Å². The van der Waals surface area contributed by atoms with Crippen LogP contribution in [-0.2, 0) is 26.4 Å². The quantitative estimate of drug-likeness (QED) is 0.311. The molecule has 0 fully saturated rings. The van der Waals surface area contributed by atoms with Crippen molar-refractivity contribution >= 4 is 22.5 Å². The van der Waals surface area contributed by atoms with Crippen LogP contribution < -0.4 is 24.4 Å². The summed E-state index contributed by atoms with van der Waals surface area (Å²) in [6.45, 7) is 2.60. The Balaban J connectivity index is 1.76. The molecule has 1 aromatic heterocycles. The number of aliphatic hydroxyl groups excluding tert-OH is 1. The Morgan fingerprint density at radius 1 is 0.889 bits per heavy atom. The summed E-state index contributed by atoms with van der Waals surface area (Å²) in [7, 11) is 3.22. The summed E-state index contributed by atoms with van der Waals surface area (Å²) in [4.78, 5) is 13.1. The van der Waals surface area contributed by atoms with Gasteiger partial charge in [0.2, 0.25) is 0 Å². The number of rotatable bonds is 10. The van der Waals surface area contributed by atoms with Crippen molar-refractivity contribution in [3.8, 4) is 23.0 Å². The number of hydrogen-bond donors (Lipinski definition) is 1. The first-order valence-corrected chi connectivity index (χ1v) is 11.9. The van der Waals surface area contributed by atoms with E-state index in [0.29, 0.717) is 17.8 Å². The van der Waals surface area contributed by atoms with Crippen molar-refractivity contribution in [3.05, 3.63) is 92.7 Å². The Bertz CT molecular complexity index is 1400. The summed E-state index contributed by atoms with van der Waals surface area (Å²) < 4.78 is 24.6. The van der Waals surface area contributed by atoms with Crippen molar-refractivity contribution in [2.75, 3.05) is 14.2 Å². The zero-order valence-electron chi connectivity index (χ0n) is 20.4. The zero-order valence-corrected chi connectivity index (χ0v) is 21.2. The van der Waals surface area contributed by atoms with Gasteiger partial charge in [-0.15, -0.1) is 0 Å². The normalized spacial score (nSPS) is 10.9. The number of aryl methyl sites for hydroxylation is 1. The van der Waals surface area contributed by atoms with Crippen molar-refractivity contribution in [2.24, 2.45) is 0 Å². The SMILES string of the molecule is CCn1cc(CO)c(=O)c2c(Cl)c(OCc3ccc(OC)cc3)c(OCc3ccc(OC)cc3)cc21. The lowest BCUT2D eigenvalue weighted by atomic mass is 10.1. The molecule has 0 saturated heterocycles. The molecule has 0 radical (unpaired) electrons. The molecule has 0 amide bonds. The average molecular weight is 510 g/mol. The van der Waals surface area contributed by atoms with Crippen LogP contribution in [0, 0.1) is 0 Å². The van der Waals surface area contributed by atoms with E-state index in [2.05, 4.69) is 0 Å². The molecule has 0 aliphatic rings. The van der Waals surface area contributed by atoms with Crippen LogP contribution in [0.4, 0.5) is 0 Å². The van der Waals surface area contributed by atoms with Crippen molar-refractivity contribution in [2.45, 2.75) is 33.3 Å². The molecule has 0 aliphatic heterocycles. The Kier molecular flexibility index (Phi) is 8.03. The number of hydrogen-bond acceptors (Lipinski definition) is 6. The van der Waals surface area contributed by atoms with Crippen LogP contribution in [0.15, 0.2) is 65.6 Å². The number of fused-ring (bicyclic) bond motifs is 1. The minimum absolute atomic E-state index is 0.147. The van der Waals surface area contributed by atoms with Gasteiger partial charge in [0.25, 0.3) is 0 Å². The first-order chi connectivity index (χ1) is 17.5. The van der Waals surface area contributed by atoms with Gasteiger partial charge in [0.1, 0.15) is 24.7 Å². The minimum Gasteiger partial charge on any atom is -0.497 e. The molecule has 0 unspecified atom stereocenters. The van der Waals surface area contributed by atoms with Gasteiger partial charge < -0.3 is 28.6 Å². The monoisotopic (exact) mass is 509 g/mol. The van der Waals surface area contributed by atoms with Gasteiger partial charge in [-0.25, -0.2) is 0 Å². The summed E-state index contributed by atoms with van der Waals surface area (Å²) in [5, 5.41) is 10.2. The third kappa shape index (κ3) is 5.27. The van der Waals surface area contributed by atoms with E-state index in [9.17, 15) is 9.90 Å². The van der Waals surface area contributed by atoms with Gasteiger partial charge in [0, 0.05) is 24.4 Å². The Morgan fingerprint density at radius 3 is 1.94 bits per heavy atom. The Labute approximate surface area is 214 Å². The van der Waals surface area contributed by atoms with Gasteiger partial charge in [0.05, 0.1) is 36.8 Å². The minimum atomic E-state index is -0.386. The Morgan fingerprint density at radius 2 is 1.44 bits per heavy atom. The molecule has 188 valence electrons. The number of halogens is 1. The van der Waals surface area contributed by atoms with E-state index in [4.69, 9.17) is 30.5 Å². The molecule has 0 bridgehead atoms. The maximum Gasteiger partial charge on any atom is 0.196 e. The van der Waals surface area contributed by atoms with E-state index in [-0.39, 0.29) is 47.0 Å². The summed E-state index contributed by atoms with van der Waals surface area (Å²) in [6.07, 6.45) is 1.64. The number of benzene rings is 3. The number of pyridine rings is 1. The molecular formula is C28H28ClNO6. The maximum atomic E-state index is 13.1. The van der Waals surface area contributed by atoms with E-state index in [1.165, 1.54) is 0 Å². The number of ether oxygens (including phenoxy) is 4. The maximum absolute atomic E-state index is 13.1. The van der Waals surface area contributed by atoms with Gasteiger partial charge >= 0.3 is 0 Å². The predicted octanol–water partition coefficient (Wildman–Crippen LogP) is 5.34. The van der Waals surface area contributed by atoms with Crippen molar-refractivity contribution < 1.29 is 24.1 Å². The van der Waals surface area contributed by atoms with Crippen molar-refractivity contribution in [1.82, 2.24) is 4.57 Å². The molecule has 0 spiro atoms. The van der Waals surface area contributed by atoms with Crippen molar-refractivity contribution in [3.63, 3.8) is 0 Å². The molecule has 3 aromatic carbocycles. The van der Waals surface area contributed by atoms with E-state index in [0.717, 1.165) is 22.6 Å². The second-order valence-corrected chi connectivity index (χ2v) is 8.49. The summed E-state index contributed by atoms with van der Waals surface area (Å²) in [5.74, 6) is 2.17. The summed E-state index contributed by atoms with van der Waals surface area (Å²) in [5.41, 5.74) is 2.35. The highest BCUT2D eigenvalue weighted by Crippen LogP contribution is 2.41. The van der Waals surface area contributed by atoms with Gasteiger partial charge in [-0.1, -0.05) is 35.9 Å². The first kappa shape index (κ1) is 25.4. The highest BCUT2D eigenvalue weighted by molar-refractivity contribution is 6.37. The fraction of sp³-hybridized carbons (Fsp3) is 0.250. The number of nitrogens with zero attached hydrogens (tertiary/aromatic N) is 1. The molecule has 4 rings (SSSR count). The standard InChI is InChI=1S/C28H28ClNO6/c1-4-30-14-20(15-31)27(32)25-23(30)13-24(35-16-18-5-9-21(33-2)10-6-18)28(26(25)29)36-17-19-7-11-22(34-3)12-8-19/h5-14,31H,4,15-17H2,1-3H3. The number of methoxy groups -OCH3 is 2. The van der Waals surface area contributed by atoms with Crippen LogP contribution in [0.1, 0.15) is 23.6 Å². The van der Waals surface area contributed by atoms with Gasteiger partial charge in [-0.2, -0.15) is 0 Å². The third-order valence-electron chi connectivity index (χ3n) is 5.91. The van der Waals surface area contributed by atoms with Crippen molar-refractivity contribution in [1.29, 1.82) is 0 Å². The zero-order chi connectivity index (χ0) is 25.7. The molecular weight excluding hydrogens is 482 g/mol. The smallest absolute Gasteiger partial charge is 0.196 e. The topological polar surface area (TPSA) is 79.2 Å². The second kappa shape index (κ2) is 11.4. The molecule has 4 aromatic rings. The van der Waals surface area contributed by atoms with Crippen LogP contribution in [-0.4, -0.2) is 23.9 Å². The molecule has 0 saturated carbocycles. The molecule has 1 heterocycles. The van der Waals surface area contributed by atoms with Crippen LogP contribution in [0.2, 0.25) is 5.02 Å². The first-order valence-electron chi connectivity index (χ1n) is 11.5. The van der Waals surface area contributed by atoms with E-state index >= 15 is 0 Å². The fourth-order valence-electron chi connectivity index (χ4n) is 3.89. The number of aliphatic hydroxyl groups is 1. The fourth-order valence-corrected chi connectivity index (χ4v) is 4.22. The number of aromatic nitrogens is 1. The predicted molar refractivity (Wildman–Crippen MR) is 139 cm³/mol. The summed E-state index contributed by atoms with van der Waals surface area (Å²) >= 11 is 6.81. The molecule has 7 nitrogen and oxygen atoms in total. The highest BCUT2D eigenvalue weighted by Gasteiger charge is 2.21. The van der Waals surface area contributed by atoms with Crippen LogP contribution in [0.5, 0.6) is 23.0 Å². The molecule has 8 heteroatoms. The van der Waals surface area contributed by atoms with E-state index in [1.807, 2.05) is 60.0 Å². The lowest BCUT2D eigenvalue weighted by Crippen LogP contribution is -2.16. The molecule has 1 N–H and O–H groups in total. The largest absolute Gasteiger partial charge is 0.497 e. The van der Waals surface area contributed by atoms with Crippen LogP contribution in [0.25, 0.3) is 10.9 Å².